The number of nitrogens with zero attached hydrogens (tertiary/aromatic N) is 2. The van der Waals surface area contributed by atoms with Crippen LogP contribution in [0.4, 0.5) is 0 Å². The number of ether oxygens (including phenoxy) is 1. The monoisotopic (exact) mass is 243 g/mol. The second-order valence-corrected chi connectivity index (χ2v) is 3.77. The van der Waals surface area contributed by atoms with Gasteiger partial charge < -0.3 is 14.6 Å². The van der Waals surface area contributed by atoms with Gasteiger partial charge in [0, 0.05) is 20.0 Å². The van der Waals surface area contributed by atoms with Crippen molar-refractivity contribution in [3.05, 3.63) is 30.4 Å². The third-order valence-corrected chi connectivity index (χ3v) is 2.67. The standard InChI is InChI=1S/C11H17N3O.ClH/c1-3-6-15-7-10-11-9(4-5-12-10)13-8-14(11)2;/h3,8,10,12H,1,4-7H2,2H3;1H. The van der Waals surface area contributed by atoms with Crippen LogP contribution in [0.2, 0.25) is 0 Å². The smallest absolute Gasteiger partial charge is 0.0949 e. The summed E-state index contributed by atoms with van der Waals surface area (Å²) in [5, 5.41) is 3.44. The van der Waals surface area contributed by atoms with Gasteiger partial charge in [0.15, 0.2) is 0 Å². The summed E-state index contributed by atoms with van der Waals surface area (Å²) in [5.74, 6) is 0. The first kappa shape index (κ1) is 13.2. The third kappa shape index (κ3) is 2.64. The van der Waals surface area contributed by atoms with E-state index in [1.54, 1.807) is 6.08 Å². The van der Waals surface area contributed by atoms with E-state index in [1.807, 2.05) is 13.4 Å². The van der Waals surface area contributed by atoms with Crippen LogP contribution >= 0.6 is 12.4 Å². The average Bonchev–Trinajstić information content (AvgIpc) is 2.62. The molecule has 1 aliphatic rings. The summed E-state index contributed by atoms with van der Waals surface area (Å²) in [4.78, 5) is 4.38. The van der Waals surface area contributed by atoms with Gasteiger partial charge in [0.2, 0.25) is 0 Å². The average molecular weight is 244 g/mol. The number of aryl methyl sites for hydroxylation is 1. The van der Waals surface area contributed by atoms with Crippen LogP contribution in [0.15, 0.2) is 19.0 Å². The molecule has 0 aromatic carbocycles. The van der Waals surface area contributed by atoms with E-state index < -0.39 is 0 Å². The highest BCUT2D eigenvalue weighted by atomic mass is 35.5. The highest BCUT2D eigenvalue weighted by Crippen LogP contribution is 2.21. The van der Waals surface area contributed by atoms with Gasteiger partial charge in [-0.2, -0.15) is 0 Å². The molecule has 5 heteroatoms. The van der Waals surface area contributed by atoms with Gasteiger partial charge in [0.25, 0.3) is 0 Å². The van der Waals surface area contributed by atoms with Crippen LogP contribution in [0.5, 0.6) is 0 Å². The fourth-order valence-corrected chi connectivity index (χ4v) is 2.00. The number of rotatable bonds is 4. The van der Waals surface area contributed by atoms with Crippen molar-refractivity contribution in [1.82, 2.24) is 14.9 Å². The quantitative estimate of drug-likeness (QED) is 0.639. The predicted molar refractivity (Wildman–Crippen MR) is 65.9 cm³/mol. The van der Waals surface area contributed by atoms with E-state index in [2.05, 4.69) is 21.4 Å². The summed E-state index contributed by atoms with van der Waals surface area (Å²) in [7, 11) is 2.03. The van der Waals surface area contributed by atoms with Crippen LogP contribution in [0.1, 0.15) is 17.4 Å². The molecule has 0 saturated heterocycles. The number of hydrogen-bond acceptors (Lipinski definition) is 3. The van der Waals surface area contributed by atoms with Crippen molar-refractivity contribution < 1.29 is 4.74 Å². The van der Waals surface area contributed by atoms with E-state index in [1.165, 1.54) is 11.4 Å². The number of aromatic nitrogens is 2. The van der Waals surface area contributed by atoms with Gasteiger partial charge in [-0.15, -0.1) is 19.0 Å². The Hall–Kier alpha value is -0.840. The molecule has 1 aromatic heterocycles. The van der Waals surface area contributed by atoms with E-state index >= 15 is 0 Å². The minimum absolute atomic E-state index is 0. The van der Waals surface area contributed by atoms with Crippen LogP contribution in [-0.4, -0.2) is 29.3 Å². The van der Waals surface area contributed by atoms with Gasteiger partial charge in [-0.05, 0) is 0 Å². The second-order valence-electron chi connectivity index (χ2n) is 3.77. The van der Waals surface area contributed by atoms with E-state index in [0.717, 1.165) is 13.0 Å². The van der Waals surface area contributed by atoms with Crippen molar-refractivity contribution in [3.8, 4) is 0 Å². The fourth-order valence-electron chi connectivity index (χ4n) is 2.00. The van der Waals surface area contributed by atoms with Crippen molar-refractivity contribution in [3.63, 3.8) is 0 Å². The zero-order valence-corrected chi connectivity index (χ0v) is 10.3. The minimum Gasteiger partial charge on any atom is -0.375 e. The molecule has 16 heavy (non-hydrogen) atoms. The molecule has 2 heterocycles. The first-order valence-corrected chi connectivity index (χ1v) is 5.25. The Labute approximate surface area is 102 Å². The topological polar surface area (TPSA) is 39.1 Å². The number of halogens is 1. The Morgan fingerprint density at radius 1 is 1.75 bits per heavy atom. The van der Waals surface area contributed by atoms with Gasteiger partial charge in [-0.1, -0.05) is 6.08 Å². The molecule has 0 aliphatic carbocycles. The first-order chi connectivity index (χ1) is 7.33. The molecule has 0 bridgehead atoms. The Balaban J connectivity index is 0.00000128. The zero-order valence-electron chi connectivity index (χ0n) is 9.48. The van der Waals surface area contributed by atoms with E-state index in [-0.39, 0.29) is 18.4 Å². The molecule has 1 atom stereocenters. The lowest BCUT2D eigenvalue weighted by Crippen LogP contribution is -2.34. The summed E-state index contributed by atoms with van der Waals surface area (Å²) in [6.45, 7) is 5.89. The van der Waals surface area contributed by atoms with Crippen molar-refractivity contribution in [2.45, 2.75) is 12.5 Å². The van der Waals surface area contributed by atoms with Crippen molar-refractivity contribution in [2.24, 2.45) is 7.05 Å². The Morgan fingerprint density at radius 2 is 2.56 bits per heavy atom. The van der Waals surface area contributed by atoms with Gasteiger partial charge in [0.05, 0.1) is 37.0 Å². The van der Waals surface area contributed by atoms with Gasteiger partial charge in [-0.25, -0.2) is 4.98 Å². The Morgan fingerprint density at radius 3 is 3.31 bits per heavy atom. The lowest BCUT2D eigenvalue weighted by molar-refractivity contribution is 0.131. The molecule has 0 saturated carbocycles. The molecule has 4 nitrogen and oxygen atoms in total. The number of hydrogen-bond donors (Lipinski definition) is 1. The molecular formula is C11H18ClN3O. The molecule has 0 spiro atoms. The van der Waals surface area contributed by atoms with Crippen LogP contribution in [0.3, 0.4) is 0 Å². The molecule has 0 radical (unpaired) electrons. The van der Waals surface area contributed by atoms with Gasteiger partial charge in [-0.3, -0.25) is 0 Å². The number of fused-ring (bicyclic) bond motifs is 1. The van der Waals surface area contributed by atoms with Crippen LogP contribution in [0, 0.1) is 0 Å². The maximum absolute atomic E-state index is 5.48. The Kier molecular flexibility index (Phi) is 4.99. The van der Waals surface area contributed by atoms with Crippen molar-refractivity contribution in [2.75, 3.05) is 19.8 Å². The summed E-state index contributed by atoms with van der Waals surface area (Å²) in [6.07, 6.45) is 4.65. The molecule has 1 aromatic rings. The van der Waals surface area contributed by atoms with E-state index in [4.69, 9.17) is 4.74 Å². The Bertz CT molecular complexity index is 351. The van der Waals surface area contributed by atoms with Crippen LogP contribution in [0.25, 0.3) is 0 Å². The SMILES string of the molecule is C=CCOCC1NCCc2ncn(C)c21.Cl. The summed E-state index contributed by atoms with van der Waals surface area (Å²) in [6, 6.07) is 0.265. The fraction of sp³-hybridized carbons (Fsp3) is 0.545. The maximum atomic E-state index is 5.48. The van der Waals surface area contributed by atoms with Crippen LogP contribution in [-0.2, 0) is 18.2 Å². The predicted octanol–water partition coefficient (Wildman–Crippen LogP) is 1.23. The molecule has 0 amide bonds. The van der Waals surface area contributed by atoms with E-state index in [0.29, 0.717) is 13.2 Å². The molecule has 1 unspecified atom stereocenters. The highest BCUT2D eigenvalue weighted by Gasteiger charge is 2.23. The lowest BCUT2D eigenvalue weighted by atomic mass is 10.1. The normalized spacial score (nSPS) is 18.7. The maximum Gasteiger partial charge on any atom is 0.0949 e. The zero-order chi connectivity index (χ0) is 10.7. The van der Waals surface area contributed by atoms with Gasteiger partial charge in [0.1, 0.15) is 0 Å². The number of nitrogens with one attached hydrogen (secondary N) is 1. The summed E-state index contributed by atoms with van der Waals surface area (Å²) < 4.78 is 7.55. The number of imidazole rings is 1. The molecule has 2 rings (SSSR count). The molecular weight excluding hydrogens is 226 g/mol. The molecule has 0 fully saturated rings. The molecule has 1 N–H and O–H groups in total. The third-order valence-electron chi connectivity index (χ3n) is 2.67. The van der Waals surface area contributed by atoms with Crippen molar-refractivity contribution in [1.29, 1.82) is 0 Å². The summed E-state index contributed by atoms with van der Waals surface area (Å²) >= 11 is 0. The minimum atomic E-state index is 0. The van der Waals surface area contributed by atoms with Gasteiger partial charge >= 0.3 is 0 Å². The second kappa shape index (κ2) is 6.03. The molecule has 1 aliphatic heterocycles. The van der Waals surface area contributed by atoms with Crippen molar-refractivity contribution >= 4 is 12.4 Å². The van der Waals surface area contributed by atoms with E-state index in [9.17, 15) is 0 Å². The lowest BCUT2D eigenvalue weighted by Gasteiger charge is -2.24. The first-order valence-electron chi connectivity index (χ1n) is 5.25. The van der Waals surface area contributed by atoms with Crippen LogP contribution < -0.4 is 5.32 Å². The summed E-state index contributed by atoms with van der Waals surface area (Å²) in [5.41, 5.74) is 2.45. The largest absolute Gasteiger partial charge is 0.375 e. The highest BCUT2D eigenvalue weighted by molar-refractivity contribution is 5.85. The molecule has 90 valence electrons.